The van der Waals surface area contributed by atoms with E-state index in [-0.39, 0.29) is 11.1 Å². The first kappa shape index (κ1) is 27.9. The highest BCUT2D eigenvalue weighted by Gasteiger charge is 2.39. The highest BCUT2D eigenvalue weighted by Crippen LogP contribution is 2.48. The van der Waals surface area contributed by atoms with E-state index in [4.69, 9.17) is 0 Å². The smallest absolute Gasteiger partial charge is 0.200 e. The minimum Gasteiger partial charge on any atom is -0.203 e. The lowest BCUT2D eigenvalue weighted by Crippen LogP contribution is -2.29. The number of hydrogen-bond acceptors (Lipinski definition) is 0. The molecular weight excluding hydrogens is 557 g/mol. The van der Waals surface area contributed by atoms with Crippen LogP contribution in [0.3, 0.4) is 0 Å². The molecule has 0 spiro atoms. The van der Waals surface area contributed by atoms with Gasteiger partial charge in [0.1, 0.15) is 0 Å². The van der Waals surface area contributed by atoms with Gasteiger partial charge in [0.15, 0.2) is 46.5 Å². The molecule has 0 saturated carbocycles. The fourth-order valence-electron chi connectivity index (χ4n) is 3.45. The van der Waals surface area contributed by atoms with Crippen LogP contribution in [0, 0.1) is 70.0 Å². The number of benzene rings is 4. The van der Waals surface area contributed by atoms with Crippen molar-refractivity contribution in [1.82, 2.24) is 0 Å². The molecule has 0 radical (unpaired) electrons. The molecule has 0 aliphatic carbocycles. The van der Waals surface area contributed by atoms with E-state index in [9.17, 15) is 26.3 Å². The van der Waals surface area contributed by atoms with Crippen LogP contribution in [0.4, 0.5) is 43.9 Å². The summed E-state index contributed by atoms with van der Waals surface area (Å²) in [6, 6.07) is 14.9. The Kier molecular flexibility index (Phi) is 8.12. The van der Waals surface area contributed by atoms with E-state index in [1.54, 1.807) is 24.3 Å². The maximum atomic E-state index is 15.1. The van der Waals surface area contributed by atoms with Gasteiger partial charge in [0, 0.05) is 18.8 Å². The molecule has 0 aromatic heterocycles. The zero-order valence-electron chi connectivity index (χ0n) is 19.1. The highest BCUT2D eigenvalue weighted by atomic mass is 31.1. The Balaban J connectivity index is 2.17. The van der Waals surface area contributed by atoms with Crippen molar-refractivity contribution in [3.63, 3.8) is 0 Å². The zero-order valence-corrected chi connectivity index (χ0v) is 20.0. The van der Waals surface area contributed by atoms with Crippen LogP contribution in [0.1, 0.15) is 11.1 Å². The average molecular weight is 568 g/mol. The van der Waals surface area contributed by atoms with E-state index in [2.05, 4.69) is 11.8 Å². The number of hydrogen-bond donors (Lipinski definition) is 0. The van der Waals surface area contributed by atoms with Gasteiger partial charge in [-0.3, -0.25) is 0 Å². The Bertz CT molecular complexity index is 1530. The van der Waals surface area contributed by atoms with E-state index in [1.807, 2.05) is 0 Å². The van der Waals surface area contributed by atoms with Crippen LogP contribution < -0.4 is 10.6 Å². The molecule has 4 aromatic rings. The normalized spacial score (nSPS) is 11.5. The Hall–Kier alpha value is -4.09. The SMILES string of the molecule is Fc1c(F)c(F)c(P(/C(C#Cc2ccccc2)=C/c2ccccc2)c2c(F)c(F)c(F)c(F)c2F)c(F)c1F. The van der Waals surface area contributed by atoms with Gasteiger partial charge in [-0.1, -0.05) is 60.4 Å². The van der Waals surface area contributed by atoms with Crippen LogP contribution in [0.5, 0.6) is 0 Å². The number of halogens is 10. The molecule has 0 unspecified atom stereocenters. The predicted molar refractivity (Wildman–Crippen MR) is 126 cm³/mol. The molecular formula is C28H11F10P. The fraction of sp³-hybridized carbons (Fsp3) is 0. The lowest BCUT2D eigenvalue weighted by molar-refractivity contribution is 0.383. The van der Waals surface area contributed by atoms with Gasteiger partial charge < -0.3 is 0 Å². The van der Waals surface area contributed by atoms with Crippen LogP contribution in [0.2, 0.25) is 0 Å². The molecule has 4 rings (SSSR count). The second kappa shape index (κ2) is 11.3. The molecule has 0 saturated heterocycles. The quantitative estimate of drug-likeness (QED) is 0.0782. The third-order valence-electron chi connectivity index (χ3n) is 5.27. The zero-order chi connectivity index (χ0) is 28.4. The predicted octanol–water partition coefficient (Wildman–Crippen LogP) is 7.60. The van der Waals surface area contributed by atoms with Crippen molar-refractivity contribution in [2.24, 2.45) is 0 Å². The van der Waals surface area contributed by atoms with Crippen LogP contribution in [-0.2, 0) is 0 Å². The molecule has 0 aliphatic rings. The van der Waals surface area contributed by atoms with Crippen molar-refractivity contribution in [3.05, 3.63) is 135 Å². The molecule has 11 heteroatoms. The van der Waals surface area contributed by atoms with Crippen molar-refractivity contribution >= 4 is 24.6 Å². The van der Waals surface area contributed by atoms with Crippen molar-refractivity contribution in [2.45, 2.75) is 0 Å². The second-order valence-corrected chi connectivity index (χ2v) is 9.78. The molecule has 0 bridgehead atoms. The summed E-state index contributed by atoms with van der Waals surface area (Å²) in [6.45, 7) is 0. The number of allylic oxidation sites excluding steroid dienone is 1. The molecule has 0 atom stereocenters. The summed E-state index contributed by atoms with van der Waals surface area (Å²) in [5.74, 6) is -20.2. The van der Waals surface area contributed by atoms with Crippen molar-refractivity contribution in [2.75, 3.05) is 0 Å². The van der Waals surface area contributed by atoms with Gasteiger partial charge in [0.2, 0.25) is 11.6 Å². The summed E-state index contributed by atoms with van der Waals surface area (Å²) in [7, 11) is -3.71. The topological polar surface area (TPSA) is 0 Å². The van der Waals surface area contributed by atoms with Crippen LogP contribution in [0.25, 0.3) is 6.08 Å². The Morgan fingerprint density at radius 2 is 0.846 bits per heavy atom. The third-order valence-corrected chi connectivity index (χ3v) is 7.68. The molecule has 0 amide bonds. The van der Waals surface area contributed by atoms with Gasteiger partial charge in [-0.2, -0.15) is 0 Å². The summed E-state index contributed by atoms with van der Waals surface area (Å²) in [6.07, 6.45) is 0.998. The van der Waals surface area contributed by atoms with E-state index in [0.717, 1.165) is 6.08 Å². The second-order valence-electron chi connectivity index (χ2n) is 7.73. The Labute approximate surface area is 216 Å². The van der Waals surface area contributed by atoms with E-state index >= 15 is 17.6 Å². The molecule has 198 valence electrons. The molecule has 0 aliphatic heterocycles. The summed E-state index contributed by atoms with van der Waals surface area (Å²) in [4.78, 5) is 0. The molecule has 0 fully saturated rings. The van der Waals surface area contributed by atoms with Gasteiger partial charge in [-0.25, -0.2) is 43.9 Å². The van der Waals surface area contributed by atoms with Crippen molar-refractivity contribution in [1.29, 1.82) is 0 Å². The van der Waals surface area contributed by atoms with E-state index in [0.29, 0.717) is 0 Å². The van der Waals surface area contributed by atoms with Crippen LogP contribution in [0.15, 0.2) is 66.0 Å². The van der Waals surface area contributed by atoms with Gasteiger partial charge in [-0.15, -0.1) is 0 Å². The van der Waals surface area contributed by atoms with E-state index in [1.165, 1.54) is 36.4 Å². The first-order chi connectivity index (χ1) is 18.5. The third kappa shape index (κ3) is 5.27. The lowest BCUT2D eigenvalue weighted by atomic mass is 10.2. The molecule has 39 heavy (non-hydrogen) atoms. The first-order valence-corrected chi connectivity index (χ1v) is 12.1. The first-order valence-electron chi connectivity index (χ1n) is 10.7. The van der Waals surface area contributed by atoms with Crippen LogP contribution in [-0.4, -0.2) is 0 Å². The maximum Gasteiger partial charge on any atom is 0.200 e. The van der Waals surface area contributed by atoms with E-state index < -0.39 is 82.0 Å². The molecule has 0 N–H and O–H groups in total. The Morgan fingerprint density at radius 1 is 0.487 bits per heavy atom. The summed E-state index contributed by atoms with van der Waals surface area (Å²) in [5.41, 5.74) is 0.427. The summed E-state index contributed by atoms with van der Waals surface area (Å²) in [5, 5.41) is -4.27. The van der Waals surface area contributed by atoms with Gasteiger partial charge in [0.05, 0.1) is 10.6 Å². The number of rotatable bonds is 4. The van der Waals surface area contributed by atoms with Gasteiger partial charge in [0.25, 0.3) is 0 Å². The molecule has 0 nitrogen and oxygen atoms in total. The summed E-state index contributed by atoms with van der Waals surface area (Å²) < 4.78 is 145. The van der Waals surface area contributed by atoms with Crippen molar-refractivity contribution < 1.29 is 43.9 Å². The minimum absolute atomic E-state index is 0.176. The monoisotopic (exact) mass is 568 g/mol. The maximum absolute atomic E-state index is 15.1. The molecule has 0 heterocycles. The highest BCUT2D eigenvalue weighted by molar-refractivity contribution is 7.77. The van der Waals surface area contributed by atoms with Crippen molar-refractivity contribution in [3.8, 4) is 11.8 Å². The largest absolute Gasteiger partial charge is 0.203 e. The minimum atomic E-state index is -3.71. The fourth-order valence-corrected chi connectivity index (χ4v) is 5.78. The lowest BCUT2D eigenvalue weighted by Gasteiger charge is -2.22. The summed E-state index contributed by atoms with van der Waals surface area (Å²) >= 11 is 0. The standard InChI is InChI=1S/C28H11F10P/c29-17-19(31)23(35)27(24(36)20(17)32)39(28-25(37)21(33)18(30)22(34)26(28)38)16(13-15-9-5-2-6-10-15)12-11-14-7-3-1-4-8-14/h1-10,13H/b16-13+. The van der Waals surface area contributed by atoms with Gasteiger partial charge in [-0.05, 0) is 23.8 Å². The van der Waals surface area contributed by atoms with Gasteiger partial charge >= 0.3 is 0 Å². The van der Waals surface area contributed by atoms with Crippen LogP contribution >= 0.6 is 7.92 Å². The Morgan fingerprint density at radius 3 is 1.26 bits per heavy atom. The molecule has 4 aromatic carbocycles. The average Bonchev–Trinajstić information content (AvgIpc) is 2.95.